The first-order chi connectivity index (χ1) is 18.8. The molecule has 39 heavy (non-hydrogen) atoms. The minimum Gasteiger partial charge on any atom is -0.391 e. The summed E-state index contributed by atoms with van der Waals surface area (Å²) in [7, 11) is 0. The maximum absolute atomic E-state index is 13.7. The van der Waals surface area contributed by atoms with Gasteiger partial charge >= 0.3 is 6.09 Å². The fraction of sp³-hybridized carbons (Fsp3) is 0.379. The number of aromatic nitrogens is 2. The second kappa shape index (κ2) is 11.2. The number of para-hydroxylation sites is 1. The highest BCUT2D eigenvalue weighted by Gasteiger charge is 2.52. The molecule has 1 aromatic carbocycles. The van der Waals surface area contributed by atoms with Crippen LogP contribution in [-0.4, -0.2) is 74.7 Å². The molecule has 0 bridgehead atoms. The minimum absolute atomic E-state index is 0.0316. The van der Waals surface area contributed by atoms with E-state index in [0.717, 1.165) is 10.9 Å². The van der Waals surface area contributed by atoms with Crippen LogP contribution < -0.4 is 10.1 Å². The quantitative estimate of drug-likeness (QED) is 0.499. The maximum Gasteiger partial charge on any atom is 0.414 e. The van der Waals surface area contributed by atoms with Crippen LogP contribution in [0.3, 0.4) is 0 Å². The summed E-state index contributed by atoms with van der Waals surface area (Å²) in [6, 6.07) is 12.5. The van der Waals surface area contributed by atoms with Crippen molar-refractivity contribution in [3.8, 4) is 5.88 Å². The number of benzene rings is 1. The standard InChI is InChI=1S/C29H31N5O5/c1-18(2)14-22(32-29(38)39-25-10-9-20-7-3-4-8-21(20)31-25)28(37)33-13-11-23-27(33)24(35)17-34(23)26(36)15-19-6-5-12-30-16-19/h3-10,12,16,18,22-23,27H,11,13-15,17H2,1-2H3,(H,32,38). The highest BCUT2D eigenvalue weighted by Crippen LogP contribution is 2.31. The number of Topliss-reactive ketones (excluding diaryl/α,β-unsaturated/α-hetero) is 1. The molecule has 5 rings (SSSR count). The molecule has 2 aliphatic rings. The lowest BCUT2D eigenvalue weighted by molar-refractivity contribution is -0.138. The molecule has 10 nitrogen and oxygen atoms in total. The van der Waals surface area contributed by atoms with Gasteiger partial charge in [-0.3, -0.25) is 19.4 Å². The van der Waals surface area contributed by atoms with Crippen molar-refractivity contribution in [3.63, 3.8) is 0 Å². The van der Waals surface area contributed by atoms with Gasteiger partial charge in [0.25, 0.3) is 0 Å². The van der Waals surface area contributed by atoms with Gasteiger partial charge in [-0.1, -0.05) is 38.1 Å². The number of rotatable bonds is 7. The Balaban J connectivity index is 1.26. The van der Waals surface area contributed by atoms with E-state index in [0.29, 0.717) is 24.9 Å². The average molecular weight is 530 g/mol. The summed E-state index contributed by atoms with van der Waals surface area (Å²) >= 11 is 0. The van der Waals surface area contributed by atoms with Crippen LogP contribution in [0.5, 0.6) is 5.88 Å². The number of carbonyl (C=O) groups excluding carboxylic acids is 4. The van der Waals surface area contributed by atoms with Crippen LogP contribution >= 0.6 is 0 Å². The van der Waals surface area contributed by atoms with Gasteiger partial charge in [-0.05, 0) is 42.5 Å². The van der Waals surface area contributed by atoms with Crippen molar-refractivity contribution in [3.05, 3.63) is 66.5 Å². The molecule has 3 atom stereocenters. The second-order valence-corrected chi connectivity index (χ2v) is 10.4. The van der Waals surface area contributed by atoms with Crippen LogP contribution in [0.1, 0.15) is 32.3 Å². The van der Waals surface area contributed by atoms with Crippen molar-refractivity contribution in [2.75, 3.05) is 13.1 Å². The molecule has 4 heterocycles. The first-order valence-corrected chi connectivity index (χ1v) is 13.2. The highest BCUT2D eigenvalue weighted by molar-refractivity contribution is 5.99. The summed E-state index contributed by atoms with van der Waals surface area (Å²) in [4.78, 5) is 64.0. The molecule has 3 unspecified atom stereocenters. The summed E-state index contributed by atoms with van der Waals surface area (Å²) < 4.78 is 5.40. The van der Waals surface area contributed by atoms with E-state index in [2.05, 4.69) is 15.3 Å². The molecular formula is C29H31N5O5. The number of ether oxygens (including phenoxy) is 1. The Kier molecular flexibility index (Phi) is 7.53. The van der Waals surface area contributed by atoms with Crippen LogP contribution in [0.2, 0.25) is 0 Å². The smallest absolute Gasteiger partial charge is 0.391 e. The van der Waals surface area contributed by atoms with Gasteiger partial charge in [0.1, 0.15) is 12.1 Å². The molecule has 2 aromatic heterocycles. The van der Waals surface area contributed by atoms with E-state index < -0.39 is 18.2 Å². The van der Waals surface area contributed by atoms with Crippen molar-refractivity contribution in [1.29, 1.82) is 0 Å². The molecule has 202 valence electrons. The zero-order valence-corrected chi connectivity index (χ0v) is 21.9. The van der Waals surface area contributed by atoms with E-state index in [1.807, 2.05) is 44.2 Å². The van der Waals surface area contributed by atoms with Gasteiger partial charge in [0, 0.05) is 30.4 Å². The Morgan fingerprint density at radius 2 is 1.90 bits per heavy atom. The summed E-state index contributed by atoms with van der Waals surface area (Å²) in [5, 5.41) is 3.60. The van der Waals surface area contributed by atoms with Crippen LogP contribution in [-0.2, 0) is 20.8 Å². The number of ketones is 1. The predicted octanol–water partition coefficient (Wildman–Crippen LogP) is 2.76. The number of carbonyl (C=O) groups is 4. The number of nitrogens with one attached hydrogen (secondary N) is 1. The van der Waals surface area contributed by atoms with E-state index in [4.69, 9.17) is 4.74 Å². The molecule has 0 aliphatic carbocycles. The highest BCUT2D eigenvalue weighted by atomic mass is 16.6. The Morgan fingerprint density at radius 1 is 1.08 bits per heavy atom. The van der Waals surface area contributed by atoms with Crippen LogP contribution in [0.25, 0.3) is 10.9 Å². The van der Waals surface area contributed by atoms with E-state index >= 15 is 0 Å². The van der Waals surface area contributed by atoms with Crippen molar-refractivity contribution in [1.82, 2.24) is 25.1 Å². The topological polar surface area (TPSA) is 122 Å². The summed E-state index contributed by atoms with van der Waals surface area (Å²) in [6.07, 6.45) is 3.49. The summed E-state index contributed by atoms with van der Waals surface area (Å²) in [5.41, 5.74) is 1.45. The Bertz CT molecular complexity index is 1400. The summed E-state index contributed by atoms with van der Waals surface area (Å²) in [5.74, 6) is -0.474. The number of hydrogen-bond acceptors (Lipinski definition) is 7. The first-order valence-electron chi connectivity index (χ1n) is 13.2. The number of likely N-dealkylation sites (tertiary alicyclic amines) is 2. The van der Waals surface area contributed by atoms with Crippen molar-refractivity contribution >= 4 is 34.6 Å². The van der Waals surface area contributed by atoms with Gasteiger partial charge in [0.05, 0.1) is 24.5 Å². The predicted molar refractivity (Wildman–Crippen MR) is 143 cm³/mol. The van der Waals surface area contributed by atoms with E-state index in [1.54, 1.807) is 35.5 Å². The number of amides is 3. The zero-order chi connectivity index (χ0) is 27.5. The third-order valence-electron chi connectivity index (χ3n) is 7.17. The van der Waals surface area contributed by atoms with E-state index in [1.165, 1.54) is 4.90 Å². The third kappa shape index (κ3) is 5.74. The average Bonchev–Trinajstić information content (AvgIpc) is 3.49. The first kappa shape index (κ1) is 26.3. The summed E-state index contributed by atoms with van der Waals surface area (Å²) in [6.45, 7) is 4.19. The monoisotopic (exact) mass is 529 g/mol. The fourth-order valence-electron chi connectivity index (χ4n) is 5.43. The van der Waals surface area contributed by atoms with Gasteiger partial charge in [-0.2, -0.15) is 0 Å². The SMILES string of the molecule is CC(C)CC(NC(=O)Oc1ccc2ccccc2n1)C(=O)N1CCC2C1C(=O)CN2C(=O)Cc1cccnc1. The van der Waals surface area contributed by atoms with Gasteiger partial charge in [-0.15, -0.1) is 0 Å². The Labute approximate surface area is 226 Å². The normalized spacial score (nSPS) is 19.3. The van der Waals surface area contributed by atoms with Crippen LogP contribution in [0.15, 0.2) is 60.9 Å². The lowest BCUT2D eigenvalue weighted by Gasteiger charge is -2.28. The van der Waals surface area contributed by atoms with E-state index in [-0.39, 0.29) is 48.4 Å². The molecule has 10 heteroatoms. The molecular weight excluding hydrogens is 498 g/mol. The lowest BCUT2D eigenvalue weighted by Crippen LogP contribution is -2.53. The molecule has 1 N–H and O–H groups in total. The fourth-order valence-corrected chi connectivity index (χ4v) is 5.43. The molecule has 0 radical (unpaired) electrons. The number of pyridine rings is 2. The lowest BCUT2D eigenvalue weighted by atomic mass is 10.0. The molecule has 3 amide bonds. The van der Waals surface area contributed by atoms with E-state index in [9.17, 15) is 19.2 Å². The Hall–Kier alpha value is -4.34. The molecule has 0 spiro atoms. The molecule has 3 aromatic rings. The van der Waals surface area contributed by atoms with Gasteiger partial charge in [0.15, 0.2) is 5.78 Å². The largest absolute Gasteiger partial charge is 0.414 e. The third-order valence-corrected chi connectivity index (χ3v) is 7.17. The van der Waals surface area contributed by atoms with Gasteiger partial charge in [-0.25, -0.2) is 9.78 Å². The number of fused-ring (bicyclic) bond motifs is 2. The second-order valence-electron chi connectivity index (χ2n) is 10.4. The molecule has 2 saturated heterocycles. The molecule has 0 saturated carbocycles. The van der Waals surface area contributed by atoms with Crippen LogP contribution in [0, 0.1) is 5.92 Å². The van der Waals surface area contributed by atoms with Crippen molar-refractivity contribution in [2.45, 2.75) is 51.2 Å². The van der Waals surface area contributed by atoms with Crippen LogP contribution in [0.4, 0.5) is 4.79 Å². The molecule has 2 aliphatic heterocycles. The minimum atomic E-state index is -0.885. The Morgan fingerprint density at radius 3 is 2.67 bits per heavy atom. The molecule has 2 fully saturated rings. The maximum atomic E-state index is 13.7. The number of nitrogens with zero attached hydrogens (tertiary/aromatic N) is 4. The number of hydrogen-bond donors (Lipinski definition) is 1. The van der Waals surface area contributed by atoms with Crippen molar-refractivity contribution < 1.29 is 23.9 Å². The zero-order valence-electron chi connectivity index (χ0n) is 21.9. The van der Waals surface area contributed by atoms with Gasteiger partial charge in [0.2, 0.25) is 17.7 Å². The van der Waals surface area contributed by atoms with Crippen molar-refractivity contribution in [2.24, 2.45) is 5.92 Å². The van der Waals surface area contributed by atoms with Gasteiger partial charge < -0.3 is 19.9 Å².